The highest BCUT2D eigenvalue weighted by atomic mass is 32.1. The Kier molecular flexibility index (Phi) is 4.95. The molecule has 0 spiro atoms. The molecule has 4 nitrogen and oxygen atoms in total. The first-order valence-electron chi connectivity index (χ1n) is 9.47. The third-order valence-corrected chi connectivity index (χ3v) is 6.86. The van der Waals surface area contributed by atoms with Crippen LogP contribution in [0.5, 0.6) is 0 Å². The predicted octanol–water partition coefficient (Wildman–Crippen LogP) is 4.48. The zero-order valence-electron chi connectivity index (χ0n) is 15.5. The first-order valence-corrected chi connectivity index (χ1v) is 10.3. The molecule has 150 valence electrons. The fraction of sp³-hybridized carbons (Fsp3) is 0.500. The molecule has 0 radical (unpaired) electrons. The SMILES string of the molecule is Cc1nc(C(=O)N2[C@H](CN)C[C@@H]3CCC[C@@H]32)c(-c2cccc(C(F)(F)F)c2)s1. The number of halogens is 3. The molecule has 1 amide bonds. The van der Waals surface area contributed by atoms with Crippen molar-refractivity contribution in [2.45, 2.75) is 50.9 Å². The second-order valence-electron chi connectivity index (χ2n) is 7.59. The van der Waals surface area contributed by atoms with E-state index in [4.69, 9.17) is 5.73 Å². The zero-order valence-corrected chi connectivity index (χ0v) is 16.3. The van der Waals surface area contributed by atoms with E-state index in [1.54, 1.807) is 13.0 Å². The van der Waals surface area contributed by atoms with Crippen molar-refractivity contribution in [3.63, 3.8) is 0 Å². The number of nitrogens with zero attached hydrogens (tertiary/aromatic N) is 2. The predicted molar refractivity (Wildman–Crippen MR) is 102 cm³/mol. The zero-order chi connectivity index (χ0) is 20.1. The largest absolute Gasteiger partial charge is 0.416 e. The lowest BCUT2D eigenvalue weighted by molar-refractivity contribution is -0.137. The second kappa shape index (κ2) is 7.15. The summed E-state index contributed by atoms with van der Waals surface area (Å²) in [4.78, 5) is 20.2. The number of likely N-dealkylation sites (tertiary alicyclic amines) is 1. The molecule has 1 saturated carbocycles. The van der Waals surface area contributed by atoms with Crippen molar-refractivity contribution in [1.29, 1.82) is 0 Å². The van der Waals surface area contributed by atoms with Gasteiger partial charge in [-0.2, -0.15) is 13.2 Å². The second-order valence-corrected chi connectivity index (χ2v) is 8.79. The molecule has 0 bridgehead atoms. The fourth-order valence-corrected chi connectivity index (χ4v) is 5.55. The van der Waals surface area contributed by atoms with Gasteiger partial charge in [-0.1, -0.05) is 18.6 Å². The third kappa shape index (κ3) is 3.33. The van der Waals surface area contributed by atoms with Crippen LogP contribution >= 0.6 is 11.3 Å². The quantitative estimate of drug-likeness (QED) is 0.813. The first kappa shape index (κ1) is 19.4. The summed E-state index contributed by atoms with van der Waals surface area (Å²) in [6.07, 6.45) is -0.394. The first-order chi connectivity index (χ1) is 13.3. The number of fused-ring (bicyclic) bond motifs is 1. The van der Waals surface area contributed by atoms with Crippen molar-refractivity contribution < 1.29 is 18.0 Å². The van der Waals surface area contributed by atoms with Crippen LogP contribution < -0.4 is 5.73 Å². The summed E-state index contributed by atoms with van der Waals surface area (Å²) in [7, 11) is 0. The molecule has 1 aromatic heterocycles. The van der Waals surface area contributed by atoms with E-state index >= 15 is 0 Å². The van der Waals surface area contributed by atoms with E-state index < -0.39 is 11.7 Å². The molecule has 2 fully saturated rings. The van der Waals surface area contributed by atoms with Gasteiger partial charge in [0.25, 0.3) is 5.91 Å². The Bertz CT molecular complexity index is 895. The van der Waals surface area contributed by atoms with Crippen molar-refractivity contribution >= 4 is 17.2 Å². The highest BCUT2D eigenvalue weighted by molar-refractivity contribution is 7.15. The topological polar surface area (TPSA) is 59.2 Å². The van der Waals surface area contributed by atoms with Crippen LogP contribution in [0.1, 0.15) is 46.7 Å². The van der Waals surface area contributed by atoms with E-state index in [2.05, 4.69) is 4.98 Å². The molecule has 0 unspecified atom stereocenters. The number of carbonyl (C=O) groups excluding carboxylic acids is 1. The van der Waals surface area contributed by atoms with Crippen molar-refractivity contribution in [2.75, 3.05) is 6.54 Å². The molecule has 2 aromatic rings. The van der Waals surface area contributed by atoms with Gasteiger partial charge in [-0.25, -0.2) is 4.98 Å². The maximum absolute atomic E-state index is 13.4. The molecule has 8 heteroatoms. The summed E-state index contributed by atoms with van der Waals surface area (Å²) in [5.74, 6) is 0.260. The molecule has 1 aliphatic heterocycles. The molecule has 2 N–H and O–H groups in total. The summed E-state index contributed by atoms with van der Waals surface area (Å²) >= 11 is 1.25. The maximum atomic E-state index is 13.4. The number of alkyl halides is 3. The van der Waals surface area contributed by atoms with Crippen molar-refractivity contribution in [3.05, 3.63) is 40.5 Å². The molecule has 1 saturated heterocycles. The molecule has 1 aliphatic carbocycles. The van der Waals surface area contributed by atoms with Crippen LogP contribution in [0.2, 0.25) is 0 Å². The number of rotatable bonds is 3. The van der Waals surface area contributed by atoms with E-state index in [0.29, 0.717) is 27.9 Å². The number of aryl methyl sites for hydroxylation is 1. The minimum atomic E-state index is -4.43. The summed E-state index contributed by atoms with van der Waals surface area (Å²) in [6, 6.07) is 5.23. The Morgan fingerprint density at radius 1 is 1.36 bits per heavy atom. The van der Waals surface area contributed by atoms with Crippen molar-refractivity contribution in [1.82, 2.24) is 9.88 Å². The Labute approximate surface area is 165 Å². The molecular weight excluding hydrogens is 387 g/mol. The Balaban J connectivity index is 1.73. The van der Waals surface area contributed by atoms with Gasteiger partial charge in [-0.3, -0.25) is 4.79 Å². The molecule has 28 heavy (non-hydrogen) atoms. The van der Waals surface area contributed by atoms with Crippen molar-refractivity contribution in [3.8, 4) is 10.4 Å². The number of amides is 1. The summed E-state index contributed by atoms with van der Waals surface area (Å²) in [5, 5.41) is 0.655. The molecule has 3 atom stereocenters. The van der Waals surface area contributed by atoms with Gasteiger partial charge in [0.15, 0.2) is 0 Å². The number of hydrogen-bond donors (Lipinski definition) is 1. The number of benzene rings is 1. The van der Waals surface area contributed by atoms with Crippen LogP contribution in [-0.2, 0) is 6.18 Å². The Morgan fingerprint density at radius 3 is 2.86 bits per heavy atom. The standard InChI is InChI=1S/C20H22F3N3OS/c1-11-25-17(18(28-11)13-5-2-6-14(8-13)20(21,22)23)19(27)26-15(10-24)9-12-4-3-7-16(12)26/h2,5-6,8,12,15-16H,3-4,7,9-10,24H2,1H3/t12-,15-,16-/m0/s1. The molecule has 2 aliphatic rings. The number of nitrogens with two attached hydrogens (primary N) is 1. The van der Waals surface area contributed by atoms with Gasteiger partial charge in [0, 0.05) is 18.6 Å². The average Bonchev–Trinajstić information content (AvgIpc) is 3.34. The number of thiazole rings is 1. The lowest BCUT2D eigenvalue weighted by Gasteiger charge is -2.29. The van der Waals surface area contributed by atoms with E-state index in [1.165, 1.54) is 17.4 Å². The molecule has 1 aromatic carbocycles. The lowest BCUT2D eigenvalue weighted by atomic mass is 10.0. The number of hydrogen-bond acceptors (Lipinski definition) is 4. The Hall–Kier alpha value is -1.93. The highest BCUT2D eigenvalue weighted by Gasteiger charge is 2.46. The van der Waals surface area contributed by atoms with E-state index in [1.807, 2.05) is 4.90 Å². The van der Waals surface area contributed by atoms with Crippen LogP contribution in [0.25, 0.3) is 10.4 Å². The van der Waals surface area contributed by atoms with Gasteiger partial charge in [0.1, 0.15) is 5.69 Å². The van der Waals surface area contributed by atoms with E-state index in [9.17, 15) is 18.0 Å². The maximum Gasteiger partial charge on any atom is 0.416 e. The average molecular weight is 409 g/mol. The van der Waals surface area contributed by atoms with Gasteiger partial charge >= 0.3 is 6.18 Å². The summed E-state index contributed by atoms with van der Waals surface area (Å²) in [6.45, 7) is 2.15. The van der Waals surface area contributed by atoms with Crippen LogP contribution in [0, 0.1) is 12.8 Å². The molecular formula is C20H22F3N3OS. The van der Waals surface area contributed by atoms with Gasteiger partial charge in [-0.05, 0) is 49.8 Å². The van der Waals surface area contributed by atoms with Gasteiger partial charge < -0.3 is 10.6 Å². The highest BCUT2D eigenvalue weighted by Crippen LogP contribution is 2.43. The minimum absolute atomic E-state index is 0.0286. The van der Waals surface area contributed by atoms with E-state index in [0.717, 1.165) is 37.8 Å². The van der Waals surface area contributed by atoms with Gasteiger partial charge in [0.05, 0.1) is 15.4 Å². The third-order valence-electron chi connectivity index (χ3n) is 5.84. The Morgan fingerprint density at radius 2 is 2.14 bits per heavy atom. The van der Waals surface area contributed by atoms with Crippen LogP contribution in [0.3, 0.4) is 0 Å². The van der Waals surface area contributed by atoms with Crippen LogP contribution in [0.15, 0.2) is 24.3 Å². The van der Waals surface area contributed by atoms with Gasteiger partial charge in [0.2, 0.25) is 0 Å². The van der Waals surface area contributed by atoms with Crippen LogP contribution in [0.4, 0.5) is 13.2 Å². The minimum Gasteiger partial charge on any atom is -0.330 e. The summed E-state index contributed by atoms with van der Waals surface area (Å²) < 4.78 is 39.4. The van der Waals surface area contributed by atoms with Gasteiger partial charge in [-0.15, -0.1) is 11.3 Å². The molecule has 4 rings (SSSR count). The number of aromatic nitrogens is 1. The fourth-order valence-electron chi connectivity index (χ4n) is 4.65. The number of carbonyl (C=O) groups is 1. The summed E-state index contributed by atoms with van der Waals surface area (Å²) in [5.41, 5.74) is 5.81. The lowest BCUT2D eigenvalue weighted by Crippen LogP contribution is -2.44. The van der Waals surface area contributed by atoms with E-state index in [-0.39, 0.29) is 23.7 Å². The monoisotopic (exact) mass is 409 g/mol. The normalized spacial score (nSPS) is 24.6. The molecule has 2 heterocycles. The smallest absolute Gasteiger partial charge is 0.330 e. The van der Waals surface area contributed by atoms with Crippen molar-refractivity contribution in [2.24, 2.45) is 11.7 Å². The van der Waals surface area contributed by atoms with Crippen LogP contribution in [-0.4, -0.2) is 34.4 Å².